The number of aryl methyl sites for hydroxylation is 1. The van der Waals surface area contributed by atoms with Crippen molar-refractivity contribution in [2.75, 3.05) is 5.32 Å². The third-order valence-corrected chi connectivity index (χ3v) is 5.28. The molecule has 2 N–H and O–H groups in total. The average Bonchev–Trinajstić information content (AvgIpc) is 2.79. The van der Waals surface area contributed by atoms with Gasteiger partial charge in [-0.1, -0.05) is 47.5 Å². The number of hydrogen-bond acceptors (Lipinski definition) is 4. The van der Waals surface area contributed by atoms with Gasteiger partial charge in [0.2, 0.25) is 11.8 Å². The lowest BCUT2D eigenvalue weighted by Crippen LogP contribution is -2.20. The highest BCUT2D eigenvalue weighted by atomic mass is 35.5. The summed E-state index contributed by atoms with van der Waals surface area (Å²) in [6.07, 6.45) is 1.62. The molecule has 0 fully saturated rings. The molecule has 3 aromatic carbocycles. The van der Waals surface area contributed by atoms with Gasteiger partial charge < -0.3 is 10.1 Å². The second-order valence-corrected chi connectivity index (χ2v) is 8.09. The molecule has 0 spiro atoms. The Balaban J connectivity index is 1.40. The molecule has 33 heavy (non-hydrogen) atoms. The summed E-state index contributed by atoms with van der Waals surface area (Å²) >= 11 is 12.0. The summed E-state index contributed by atoms with van der Waals surface area (Å²) in [6.45, 7) is 2.22. The van der Waals surface area contributed by atoms with Gasteiger partial charge in [-0.05, 0) is 60.5 Å². The number of hydrogen-bond donors (Lipinski definition) is 2. The van der Waals surface area contributed by atoms with E-state index in [0.717, 1.165) is 22.4 Å². The second kappa shape index (κ2) is 12.0. The number of carbonyl (C=O) groups excluding carboxylic acids is 2. The number of hydrazone groups is 1. The monoisotopic (exact) mass is 483 g/mol. The van der Waals surface area contributed by atoms with Gasteiger partial charge >= 0.3 is 0 Å². The largest absolute Gasteiger partial charge is 0.489 e. The molecule has 0 saturated carbocycles. The van der Waals surface area contributed by atoms with Crippen LogP contribution in [0, 0.1) is 6.92 Å². The van der Waals surface area contributed by atoms with E-state index in [9.17, 15) is 9.59 Å². The molecule has 0 aromatic heterocycles. The maximum absolute atomic E-state index is 12.0. The van der Waals surface area contributed by atoms with Crippen molar-refractivity contribution in [2.45, 2.75) is 26.4 Å². The Morgan fingerprint density at radius 2 is 1.70 bits per heavy atom. The van der Waals surface area contributed by atoms with Gasteiger partial charge in [0.1, 0.15) is 12.4 Å². The molecule has 0 atom stereocenters. The molecular weight excluding hydrogens is 461 g/mol. The van der Waals surface area contributed by atoms with E-state index in [0.29, 0.717) is 22.4 Å². The van der Waals surface area contributed by atoms with Crippen molar-refractivity contribution in [1.82, 2.24) is 5.43 Å². The van der Waals surface area contributed by atoms with Gasteiger partial charge in [0.05, 0.1) is 6.21 Å². The fourth-order valence-electron chi connectivity index (χ4n) is 2.84. The van der Waals surface area contributed by atoms with E-state index in [2.05, 4.69) is 15.8 Å². The van der Waals surface area contributed by atoms with E-state index in [-0.39, 0.29) is 24.7 Å². The Bertz CT molecular complexity index is 1150. The molecule has 0 radical (unpaired) electrons. The van der Waals surface area contributed by atoms with Crippen LogP contribution >= 0.6 is 23.2 Å². The highest BCUT2D eigenvalue weighted by molar-refractivity contribution is 6.35. The van der Waals surface area contributed by atoms with Crippen LogP contribution in [-0.4, -0.2) is 18.0 Å². The molecule has 2 amide bonds. The van der Waals surface area contributed by atoms with Gasteiger partial charge in [0, 0.05) is 34.1 Å². The minimum atomic E-state index is -0.342. The number of halogens is 2. The predicted molar refractivity (Wildman–Crippen MR) is 132 cm³/mol. The Kier molecular flexibility index (Phi) is 8.87. The first-order valence-corrected chi connectivity index (χ1v) is 11.0. The van der Waals surface area contributed by atoms with Gasteiger partial charge in [-0.2, -0.15) is 5.10 Å². The fourth-order valence-corrected chi connectivity index (χ4v) is 3.30. The van der Waals surface area contributed by atoms with Gasteiger partial charge in [-0.15, -0.1) is 0 Å². The number of nitrogens with one attached hydrogen (secondary N) is 2. The normalized spacial score (nSPS) is 10.8. The van der Waals surface area contributed by atoms with Crippen molar-refractivity contribution in [3.8, 4) is 5.75 Å². The van der Waals surface area contributed by atoms with Gasteiger partial charge in [0.25, 0.3) is 0 Å². The summed E-state index contributed by atoms with van der Waals surface area (Å²) in [7, 11) is 0. The number of nitrogens with zero attached hydrogens (tertiary/aromatic N) is 1. The first-order valence-electron chi connectivity index (χ1n) is 10.2. The van der Waals surface area contributed by atoms with Crippen LogP contribution in [0.4, 0.5) is 5.69 Å². The van der Waals surface area contributed by atoms with E-state index in [1.165, 1.54) is 6.21 Å². The van der Waals surface area contributed by atoms with Crippen LogP contribution in [0.15, 0.2) is 71.8 Å². The van der Waals surface area contributed by atoms with Crippen molar-refractivity contribution >= 4 is 46.9 Å². The van der Waals surface area contributed by atoms with E-state index in [1.54, 1.807) is 24.3 Å². The minimum Gasteiger partial charge on any atom is -0.489 e. The summed E-state index contributed by atoms with van der Waals surface area (Å²) < 4.78 is 5.74. The molecule has 0 heterocycles. The van der Waals surface area contributed by atoms with Crippen molar-refractivity contribution in [1.29, 1.82) is 0 Å². The summed E-state index contributed by atoms with van der Waals surface area (Å²) in [5.41, 5.74) is 5.75. The maximum atomic E-state index is 12.0. The van der Waals surface area contributed by atoms with E-state index in [4.69, 9.17) is 27.9 Å². The highest BCUT2D eigenvalue weighted by Gasteiger charge is 2.08. The summed E-state index contributed by atoms with van der Waals surface area (Å²) in [6, 6.07) is 19.9. The topological polar surface area (TPSA) is 79.8 Å². The minimum absolute atomic E-state index is 0.0368. The molecule has 8 heteroatoms. The first-order chi connectivity index (χ1) is 15.9. The van der Waals surface area contributed by atoms with Crippen LogP contribution in [0.1, 0.15) is 29.5 Å². The zero-order valence-electron chi connectivity index (χ0n) is 18.0. The Labute approximate surface area is 202 Å². The number of para-hydroxylation sites is 1. The molecule has 0 unspecified atom stereocenters. The molecule has 0 saturated heterocycles. The molecule has 6 nitrogen and oxygen atoms in total. The molecule has 0 aliphatic carbocycles. The van der Waals surface area contributed by atoms with Gasteiger partial charge in [0.15, 0.2) is 0 Å². The standard InChI is InChI=1S/C25H23Cl2N3O3/c1-17-4-2-3-5-23(17)29-24(31)12-13-25(32)30-28-15-18-6-10-21(11-7-18)33-16-19-8-9-20(26)14-22(19)27/h2-11,14-15H,12-13,16H2,1H3,(H,29,31)(H,30,32). The van der Waals surface area contributed by atoms with Crippen LogP contribution in [0.2, 0.25) is 10.0 Å². The van der Waals surface area contributed by atoms with Crippen molar-refractivity contribution in [2.24, 2.45) is 5.10 Å². The van der Waals surface area contributed by atoms with Crippen LogP contribution in [0.25, 0.3) is 0 Å². The molecular formula is C25H23Cl2N3O3. The van der Waals surface area contributed by atoms with Crippen molar-refractivity contribution in [3.05, 3.63) is 93.5 Å². The fraction of sp³-hybridized carbons (Fsp3) is 0.160. The lowest BCUT2D eigenvalue weighted by atomic mass is 10.2. The van der Waals surface area contributed by atoms with Crippen LogP contribution in [0.5, 0.6) is 5.75 Å². The molecule has 3 rings (SSSR count). The Hall–Kier alpha value is -3.35. The van der Waals surface area contributed by atoms with Crippen LogP contribution in [0.3, 0.4) is 0 Å². The SMILES string of the molecule is Cc1ccccc1NC(=O)CCC(=O)NN=Cc1ccc(OCc2ccc(Cl)cc2Cl)cc1. The first kappa shape index (κ1) is 24.3. The van der Waals surface area contributed by atoms with Crippen molar-refractivity contribution in [3.63, 3.8) is 0 Å². The summed E-state index contributed by atoms with van der Waals surface area (Å²) in [5, 5.41) is 7.85. The zero-order chi connectivity index (χ0) is 23.6. The van der Waals surface area contributed by atoms with Crippen LogP contribution < -0.4 is 15.5 Å². The Morgan fingerprint density at radius 1 is 0.970 bits per heavy atom. The van der Waals surface area contributed by atoms with Crippen LogP contribution in [-0.2, 0) is 16.2 Å². The number of carbonyl (C=O) groups is 2. The lowest BCUT2D eigenvalue weighted by molar-refractivity contribution is -0.124. The van der Waals surface area contributed by atoms with Crippen molar-refractivity contribution < 1.29 is 14.3 Å². The average molecular weight is 484 g/mol. The molecule has 0 bridgehead atoms. The quantitative estimate of drug-likeness (QED) is 0.300. The van der Waals surface area contributed by atoms with E-state index < -0.39 is 0 Å². The smallest absolute Gasteiger partial charge is 0.240 e. The number of rotatable bonds is 9. The highest BCUT2D eigenvalue weighted by Crippen LogP contribution is 2.22. The number of benzene rings is 3. The number of ether oxygens (including phenoxy) is 1. The summed E-state index contributed by atoms with van der Waals surface area (Å²) in [4.78, 5) is 24.0. The molecule has 170 valence electrons. The van der Waals surface area contributed by atoms with Gasteiger partial charge in [-0.25, -0.2) is 5.43 Å². The molecule has 0 aliphatic heterocycles. The zero-order valence-corrected chi connectivity index (χ0v) is 19.5. The summed E-state index contributed by atoms with van der Waals surface area (Å²) in [5.74, 6) is 0.103. The predicted octanol–water partition coefficient (Wildman–Crippen LogP) is 5.75. The molecule has 0 aliphatic rings. The number of anilines is 1. The molecule has 3 aromatic rings. The van der Waals surface area contributed by atoms with E-state index in [1.807, 2.05) is 49.4 Å². The maximum Gasteiger partial charge on any atom is 0.240 e. The van der Waals surface area contributed by atoms with E-state index >= 15 is 0 Å². The lowest BCUT2D eigenvalue weighted by Gasteiger charge is -2.08. The second-order valence-electron chi connectivity index (χ2n) is 7.25. The third-order valence-electron chi connectivity index (χ3n) is 4.69. The Morgan fingerprint density at radius 3 is 2.42 bits per heavy atom. The van der Waals surface area contributed by atoms with Gasteiger partial charge in [-0.3, -0.25) is 9.59 Å². The number of amides is 2. The third kappa shape index (κ3) is 7.93.